The van der Waals surface area contributed by atoms with E-state index in [-0.39, 0.29) is 31.5 Å². The lowest BCUT2D eigenvalue weighted by Gasteiger charge is -2.34. The number of rotatable bonds is 5. The molecular weight excluding hydrogens is 395 g/mol. The Kier molecular flexibility index (Phi) is 6.36. The third-order valence-electron chi connectivity index (χ3n) is 5.59. The topological polar surface area (TPSA) is 45.6 Å². The molecule has 1 saturated heterocycles. The molecule has 0 unspecified atom stereocenters. The summed E-state index contributed by atoms with van der Waals surface area (Å²) in [5, 5.41) is 0. The molecule has 5 nitrogen and oxygen atoms in total. The molecule has 0 spiro atoms. The molecule has 0 N–H and O–H groups in total. The number of hydrogen-bond acceptors (Lipinski definition) is 3. The predicted octanol–water partition coefficient (Wildman–Crippen LogP) is 3.74. The molecule has 0 atom stereocenters. The molecular formula is C22H26F3N3O2. The Bertz CT molecular complexity index is 976. The van der Waals surface area contributed by atoms with E-state index in [0.29, 0.717) is 18.7 Å². The molecule has 0 aliphatic carbocycles. The Labute approximate surface area is 174 Å². The highest BCUT2D eigenvalue weighted by Crippen LogP contribution is 2.21. The number of halogens is 3. The van der Waals surface area contributed by atoms with Crippen molar-refractivity contribution in [2.24, 2.45) is 0 Å². The predicted molar refractivity (Wildman–Crippen MR) is 107 cm³/mol. The minimum atomic E-state index is -1.65. The van der Waals surface area contributed by atoms with Crippen LogP contribution in [0, 0.1) is 31.3 Å². The summed E-state index contributed by atoms with van der Waals surface area (Å²) in [5.41, 5.74) is 2.19. The van der Waals surface area contributed by atoms with Crippen LogP contribution in [-0.4, -0.2) is 58.8 Å². The fourth-order valence-electron chi connectivity index (χ4n) is 4.11. The molecule has 2 aromatic rings. The summed E-state index contributed by atoms with van der Waals surface area (Å²) in [5.74, 6) is -5.12. The maximum absolute atomic E-state index is 13.9. The lowest BCUT2D eigenvalue weighted by molar-refractivity contribution is 0.0619. The van der Waals surface area contributed by atoms with Crippen molar-refractivity contribution in [2.75, 3.05) is 32.7 Å². The minimum absolute atomic E-state index is 0.0152. The van der Waals surface area contributed by atoms with E-state index in [1.807, 2.05) is 24.8 Å². The lowest BCUT2D eigenvalue weighted by Crippen LogP contribution is -2.50. The SMILES string of the molecule is Cc1cc(C(=O)CN2CCN(C(=O)c3ccc(F)c(F)c3F)CC2)c(C)n1C(C)C. The van der Waals surface area contributed by atoms with E-state index < -0.39 is 28.9 Å². The van der Waals surface area contributed by atoms with Crippen LogP contribution in [0.3, 0.4) is 0 Å². The number of piperazine rings is 1. The number of benzene rings is 1. The Morgan fingerprint density at radius 2 is 1.60 bits per heavy atom. The fourth-order valence-corrected chi connectivity index (χ4v) is 4.11. The van der Waals surface area contributed by atoms with Crippen molar-refractivity contribution in [2.45, 2.75) is 33.7 Å². The quantitative estimate of drug-likeness (QED) is 0.546. The molecule has 3 rings (SSSR count). The first-order valence-corrected chi connectivity index (χ1v) is 9.98. The van der Waals surface area contributed by atoms with Crippen LogP contribution in [0.15, 0.2) is 18.2 Å². The van der Waals surface area contributed by atoms with Gasteiger partial charge in [-0.25, -0.2) is 13.2 Å². The van der Waals surface area contributed by atoms with Gasteiger partial charge in [-0.2, -0.15) is 0 Å². The van der Waals surface area contributed by atoms with Crippen LogP contribution in [0.2, 0.25) is 0 Å². The normalized spacial score (nSPS) is 15.1. The second-order valence-corrected chi connectivity index (χ2v) is 7.96. The maximum Gasteiger partial charge on any atom is 0.257 e. The van der Waals surface area contributed by atoms with Crippen LogP contribution in [0.25, 0.3) is 0 Å². The molecule has 1 aromatic heterocycles. The highest BCUT2D eigenvalue weighted by molar-refractivity contribution is 5.99. The van der Waals surface area contributed by atoms with Crippen LogP contribution in [0.4, 0.5) is 13.2 Å². The molecule has 0 radical (unpaired) electrons. The second kappa shape index (κ2) is 8.63. The lowest BCUT2D eigenvalue weighted by atomic mass is 10.1. The number of aromatic nitrogens is 1. The Morgan fingerprint density at radius 3 is 2.17 bits per heavy atom. The average molecular weight is 421 g/mol. The summed E-state index contributed by atoms with van der Waals surface area (Å²) in [6, 6.07) is 3.87. The summed E-state index contributed by atoms with van der Waals surface area (Å²) in [6.07, 6.45) is 0. The summed E-state index contributed by atoms with van der Waals surface area (Å²) >= 11 is 0. The Balaban J connectivity index is 1.62. The third-order valence-corrected chi connectivity index (χ3v) is 5.59. The van der Waals surface area contributed by atoms with Gasteiger partial charge < -0.3 is 9.47 Å². The zero-order chi connectivity index (χ0) is 22.2. The van der Waals surface area contributed by atoms with E-state index in [4.69, 9.17) is 0 Å². The van der Waals surface area contributed by atoms with E-state index in [1.165, 1.54) is 4.90 Å². The van der Waals surface area contributed by atoms with Gasteiger partial charge in [0, 0.05) is 49.2 Å². The number of amides is 1. The van der Waals surface area contributed by atoms with Gasteiger partial charge in [0.2, 0.25) is 0 Å². The number of ketones is 1. The number of carbonyl (C=O) groups excluding carboxylic acids is 2. The van der Waals surface area contributed by atoms with Crippen molar-refractivity contribution in [1.82, 2.24) is 14.4 Å². The standard InChI is InChI=1S/C22H26F3N3O2/c1-13(2)28-14(3)11-17(15(28)4)19(29)12-26-7-9-27(10-8-26)22(30)16-5-6-18(23)21(25)20(16)24/h5-6,11,13H,7-10,12H2,1-4H3. The van der Waals surface area contributed by atoms with Crippen LogP contribution in [0.1, 0.15) is 52.0 Å². The number of hydrogen-bond donors (Lipinski definition) is 0. The monoisotopic (exact) mass is 421 g/mol. The molecule has 1 aliphatic heterocycles. The highest BCUT2D eigenvalue weighted by atomic mass is 19.2. The zero-order valence-corrected chi connectivity index (χ0v) is 17.6. The molecule has 1 aromatic carbocycles. The van der Waals surface area contributed by atoms with Crippen molar-refractivity contribution in [3.05, 3.63) is 58.2 Å². The fraction of sp³-hybridized carbons (Fsp3) is 0.455. The van der Waals surface area contributed by atoms with Gasteiger partial charge in [-0.3, -0.25) is 14.5 Å². The van der Waals surface area contributed by atoms with Crippen molar-refractivity contribution >= 4 is 11.7 Å². The number of Topliss-reactive ketones (excluding diaryl/α,β-unsaturated/α-hetero) is 1. The van der Waals surface area contributed by atoms with E-state index in [9.17, 15) is 22.8 Å². The molecule has 0 bridgehead atoms. The maximum atomic E-state index is 13.9. The molecule has 1 aliphatic rings. The Hall–Kier alpha value is -2.61. The van der Waals surface area contributed by atoms with Gasteiger partial charge in [0.1, 0.15) is 0 Å². The zero-order valence-electron chi connectivity index (χ0n) is 17.6. The number of nitrogens with zero attached hydrogens (tertiary/aromatic N) is 3. The van der Waals surface area contributed by atoms with E-state index >= 15 is 0 Å². The van der Waals surface area contributed by atoms with Crippen molar-refractivity contribution in [3.63, 3.8) is 0 Å². The third kappa shape index (κ3) is 4.14. The Morgan fingerprint density at radius 1 is 0.967 bits per heavy atom. The van der Waals surface area contributed by atoms with Gasteiger partial charge in [-0.15, -0.1) is 0 Å². The first-order chi connectivity index (χ1) is 14.1. The van der Waals surface area contributed by atoms with Gasteiger partial charge in [-0.1, -0.05) is 0 Å². The van der Waals surface area contributed by atoms with Crippen molar-refractivity contribution in [1.29, 1.82) is 0 Å². The molecule has 1 fully saturated rings. The average Bonchev–Trinajstić information content (AvgIpc) is 3.00. The summed E-state index contributed by atoms with van der Waals surface area (Å²) < 4.78 is 42.6. The first-order valence-electron chi connectivity index (χ1n) is 9.98. The molecule has 0 saturated carbocycles. The first kappa shape index (κ1) is 22.1. The van der Waals surface area contributed by atoms with E-state index in [0.717, 1.165) is 23.5 Å². The number of carbonyl (C=O) groups is 2. The minimum Gasteiger partial charge on any atom is -0.346 e. The second-order valence-electron chi connectivity index (χ2n) is 7.96. The van der Waals surface area contributed by atoms with Gasteiger partial charge in [0.15, 0.2) is 23.2 Å². The van der Waals surface area contributed by atoms with Crippen molar-refractivity contribution in [3.8, 4) is 0 Å². The highest BCUT2D eigenvalue weighted by Gasteiger charge is 2.28. The number of aryl methyl sites for hydroxylation is 1. The molecule has 1 amide bonds. The molecule has 8 heteroatoms. The van der Waals surface area contributed by atoms with Crippen LogP contribution < -0.4 is 0 Å². The van der Waals surface area contributed by atoms with E-state index in [1.54, 1.807) is 0 Å². The largest absolute Gasteiger partial charge is 0.346 e. The van der Waals surface area contributed by atoms with Crippen LogP contribution in [-0.2, 0) is 0 Å². The van der Waals surface area contributed by atoms with Gasteiger partial charge >= 0.3 is 0 Å². The van der Waals surface area contributed by atoms with Gasteiger partial charge in [-0.05, 0) is 45.9 Å². The molecule has 2 heterocycles. The van der Waals surface area contributed by atoms with E-state index in [2.05, 4.69) is 18.4 Å². The summed E-state index contributed by atoms with van der Waals surface area (Å²) in [6.45, 7) is 9.70. The van der Waals surface area contributed by atoms with Gasteiger partial charge in [0.25, 0.3) is 5.91 Å². The summed E-state index contributed by atoms with van der Waals surface area (Å²) in [7, 11) is 0. The van der Waals surface area contributed by atoms with Crippen molar-refractivity contribution < 1.29 is 22.8 Å². The molecule has 162 valence electrons. The van der Waals surface area contributed by atoms with Gasteiger partial charge in [0.05, 0.1) is 12.1 Å². The smallest absolute Gasteiger partial charge is 0.257 e. The summed E-state index contributed by atoms with van der Waals surface area (Å²) in [4.78, 5) is 28.6. The van der Waals surface area contributed by atoms with Crippen LogP contribution >= 0.6 is 0 Å². The van der Waals surface area contributed by atoms with Crippen LogP contribution in [0.5, 0.6) is 0 Å². The molecule has 30 heavy (non-hydrogen) atoms.